The van der Waals surface area contributed by atoms with Crippen LogP contribution in [0.3, 0.4) is 0 Å². The SMILES string of the molecule is COc1ccc(CC(C)C(=O)NCc2nc(C(=O)O)cs2)cc1. The average Bonchev–Trinajstić information content (AvgIpc) is 3.02. The standard InChI is InChI=1S/C16H18N2O4S/c1-10(7-11-3-5-12(22-2)6-4-11)15(19)17-8-14-18-13(9-23-14)16(20)21/h3-6,9-10H,7-8H2,1-2H3,(H,17,19)(H,20,21). The molecule has 23 heavy (non-hydrogen) atoms. The summed E-state index contributed by atoms with van der Waals surface area (Å²) < 4.78 is 5.10. The first kappa shape index (κ1) is 17.0. The molecule has 0 aliphatic heterocycles. The van der Waals surface area contributed by atoms with Gasteiger partial charge in [0.1, 0.15) is 10.8 Å². The number of benzene rings is 1. The zero-order valence-electron chi connectivity index (χ0n) is 12.9. The van der Waals surface area contributed by atoms with E-state index in [0.717, 1.165) is 11.3 Å². The molecule has 1 aromatic carbocycles. The molecule has 1 unspecified atom stereocenters. The van der Waals surface area contributed by atoms with E-state index in [4.69, 9.17) is 9.84 Å². The summed E-state index contributed by atoms with van der Waals surface area (Å²) >= 11 is 1.22. The third-order valence-electron chi connectivity index (χ3n) is 3.33. The number of aromatic carboxylic acids is 1. The lowest BCUT2D eigenvalue weighted by molar-refractivity contribution is -0.124. The summed E-state index contributed by atoms with van der Waals surface area (Å²) in [4.78, 5) is 26.8. The molecule has 1 heterocycles. The molecule has 1 aromatic heterocycles. The van der Waals surface area contributed by atoms with E-state index in [9.17, 15) is 9.59 Å². The van der Waals surface area contributed by atoms with Crippen LogP contribution in [0.5, 0.6) is 5.75 Å². The Balaban J connectivity index is 1.85. The van der Waals surface area contributed by atoms with Gasteiger partial charge in [0.15, 0.2) is 5.69 Å². The molecule has 0 saturated heterocycles. The minimum atomic E-state index is -1.06. The Kier molecular flexibility index (Phi) is 5.70. The Morgan fingerprint density at radius 2 is 2.04 bits per heavy atom. The molecule has 7 heteroatoms. The summed E-state index contributed by atoms with van der Waals surface area (Å²) in [5.74, 6) is -0.564. The number of methoxy groups -OCH3 is 1. The van der Waals surface area contributed by atoms with Crippen molar-refractivity contribution >= 4 is 23.2 Å². The molecule has 6 nitrogen and oxygen atoms in total. The second-order valence-electron chi connectivity index (χ2n) is 5.10. The Bertz CT molecular complexity index is 682. The highest BCUT2D eigenvalue weighted by atomic mass is 32.1. The van der Waals surface area contributed by atoms with Gasteiger partial charge in [-0.15, -0.1) is 11.3 Å². The Labute approximate surface area is 138 Å². The van der Waals surface area contributed by atoms with Crippen molar-refractivity contribution in [3.63, 3.8) is 0 Å². The fourth-order valence-corrected chi connectivity index (χ4v) is 2.74. The lowest BCUT2D eigenvalue weighted by atomic mass is 10.0. The van der Waals surface area contributed by atoms with Crippen molar-refractivity contribution < 1.29 is 19.4 Å². The van der Waals surface area contributed by atoms with Gasteiger partial charge in [0.25, 0.3) is 0 Å². The minimum Gasteiger partial charge on any atom is -0.497 e. The van der Waals surface area contributed by atoms with Crippen molar-refractivity contribution in [2.45, 2.75) is 19.9 Å². The van der Waals surface area contributed by atoms with E-state index in [1.807, 2.05) is 31.2 Å². The first-order chi connectivity index (χ1) is 11.0. The predicted octanol–water partition coefficient (Wildman–Crippen LogP) is 2.34. The van der Waals surface area contributed by atoms with Gasteiger partial charge in [-0.25, -0.2) is 9.78 Å². The van der Waals surface area contributed by atoms with E-state index in [1.54, 1.807) is 7.11 Å². The van der Waals surface area contributed by atoms with Crippen molar-refractivity contribution in [1.29, 1.82) is 0 Å². The molecule has 0 spiro atoms. The van der Waals surface area contributed by atoms with Gasteiger partial charge in [-0.1, -0.05) is 19.1 Å². The summed E-state index contributed by atoms with van der Waals surface area (Å²) in [5.41, 5.74) is 1.06. The molecule has 0 bridgehead atoms. The molecule has 0 radical (unpaired) electrons. The molecular weight excluding hydrogens is 316 g/mol. The minimum absolute atomic E-state index is 0.00512. The number of aromatic nitrogens is 1. The predicted molar refractivity (Wildman–Crippen MR) is 86.8 cm³/mol. The summed E-state index contributed by atoms with van der Waals surface area (Å²) in [6, 6.07) is 7.59. The molecule has 0 aliphatic carbocycles. The third kappa shape index (κ3) is 4.79. The van der Waals surface area contributed by atoms with Crippen molar-refractivity contribution in [2.75, 3.05) is 7.11 Å². The summed E-state index contributed by atoms with van der Waals surface area (Å²) in [6.07, 6.45) is 0.619. The van der Waals surface area contributed by atoms with E-state index < -0.39 is 5.97 Å². The topological polar surface area (TPSA) is 88.5 Å². The first-order valence-electron chi connectivity index (χ1n) is 7.08. The number of carboxylic acids is 1. The van der Waals surface area contributed by atoms with Gasteiger partial charge in [0.2, 0.25) is 5.91 Å². The van der Waals surface area contributed by atoms with Gasteiger partial charge in [0, 0.05) is 11.3 Å². The lowest BCUT2D eigenvalue weighted by Crippen LogP contribution is -2.29. The van der Waals surface area contributed by atoms with E-state index in [-0.39, 0.29) is 24.1 Å². The zero-order chi connectivity index (χ0) is 16.8. The molecule has 2 N–H and O–H groups in total. The molecule has 2 rings (SSSR count). The van der Waals surface area contributed by atoms with Crippen LogP contribution in [0.25, 0.3) is 0 Å². The van der Waals surface area contributed by atoms with Gasteiger partial charge < -0.3 is 15.2 Å². The van der Waals surface area contributed by atoms with E-state index in [2.05, 4.69) is 10.3 Å². The van der Waals surface area contributed by atoms with Crippen molar-refractivity contribution in [1.82, 2.24) is 10.3 Å². The number of thiazole rings is 1. The Morgan fingerprint density at radius 3 is 2.61 bits per heavy atom. The first-order valence-corrected chi connectivity index (χ1v) is 7.96. The Hall–Kier alpha value is -2.41. The molecule has 2 aromatic rings. The van der Waals surface area contributed by atoms with Crippen molar-refractivity contribution in [3.05, 3.63) is 45.9 Å². The van der Waals surface area contributed by atoms with E-state index in [0.29, 0.717) is 11.4 Å². The van der Waals surface area contributed by atoms with E-state index >= 15 is 0 Å². The van der Waals surface area contributed by atoms with Gasteiger partial charge in [-0.2, -0.15) is 0 Å². The Morgan fingerprint density at radius 1 is 1.35 bits per heavy atom. The number of ether oxygens (including phenoxy) is 1. The summed E-state index contributed by atoms with van der Waals surface area (Å²) in [5, 5.41) is 13.6. The van der Waals surface area contributed by atoms with Crippen LogP contribution in [0.2, 0.25) is 0 Å². The van der Waals surface area contributed by atoms with Crippen LogP contribution in [-0.2, 0) is 17.8 Å². The van der Waals surface area contributed by atoms with Gasteiger partial charge in [-0.05, 0) is 24.1 Å². The number of rotatable bonds is 7. The van der Waals surface area contributed by atoms with Crippen LogP contribution < -0.4 is 10.1 Å². The zero-order valence-corrected chi connectivity index (χ0v) is 13.7. The molecule has 0 fully saturated rings. The highest BCUT2D eigenvalue weighted by Gasteiger charge is 2.15. The molecule has 0 saturated carbocycles. The van der Waals surface area contributed by atoms with Gasteiger partial charge in [-0.3, -0.25) is 4.79 Å². The number of carbonyl (C=O) groups is 2. The number of amides is 1. The molecule has 0 aliphatic rings. The number of carbonyl (C=O) groups excluding carboxylic acids is 1. The quantitative estimate of drug-likeness (QED) is 0.811. The number of nitrogens with zero attached hydrogens (tertiary/aromatic N) is 1. The second-order valence-corrected chi connectivity index (χ2v) is 6.05. The van der Waals surface area contributed by atoms with Crippen LogP contribution in [0.1, 0.15) is 28.0 Å². The highest BCUT2D eigenvalue weighted by molar-refractivity contribution is 7.09. The molecular formula is C16H18N2O4S. The van der Waals surface area contributed by atoms with Crippen molar-refractivity contribution in [2.24, 2.45) is 5.92 Å². The molecule has 1 amide bonds. The molecule has 122 valence electrons. The fraction of sp³-hybridized carbons (Fsp3) is 0.312. The maximum Gasteiger partial charge on any atom is 0.355 e. The van der Waals surface area contributed by atoms with Crippen LogP contribution >= 0.6 is 11.3 Å². The number of hydrogen-bond acceptors (Lipinski definition) is 5. The van der Waals surface area contributed by atoms with Crippen LogP contribution in [0.15, 0.2) is 29.6 Å². The van der Waals surface area contributed by atoms with Crippen LogP contribution in [0, 0.1) is 5.92 Å². The average molecular weight is 334 g/mol. The number of nitrogens with one attached hydrogen (secondary N) is 1. The summed E-state index contributed by atoms with van der Waals surface area (Å²) in [6.45, 7) is 2.09. The van der Waals surface area contributed by atoms with Crippen LogP contribution in [0.4, 0.5) is 0 Å². The smallest absolute Gasteiger partial charge is 0.355 e. The fourth-order valence-electron chi connectivity index (χ4n) is 2.04. The summed E-state index contributed by atoms with van der Waals surface area (Å²) in [7, 11) is 1.61. The highest BCUT2D eigenvalue weighted by Crippen LogP contribution is 2.15. The van der Waals surface area contributed by atoms with Gasteiger partial charge in [0.05, 0.1) is 13.7 Å². The normalized spacial score (nSPS) is 11.7. The number of carboxylic acid groups (broad SMARTS) is 1. The van der Waals surface area contributed by atoms with Crippen molar-refractivity contribution in [3.8, 4) is 5.75 Å². The number of hydrogen-bond donors (Lipinski definition) is 2. The second kappa shape index (κ2) is 7.73. The lowest BCUT2D eigenvalue weighted by Gasteiger charge is -2.12. The van der Waals surface area contributed by atoms with Crippen LogP contribution in [-0.4, -0.2) is 29.1 Å². The third-order valence-corrected chi connectivity index (χ3v) is 4.18. The molecule has 1 atom stereocenters. The largest absolute Gasteiger partial charge is 0.497 e. The maximum absolute atomic E-state index is 12.1. The van der Waals surface area contributed by atoms with E-state index in [1.165, 1.54) is 16.7 Å². The monoisotopic (exact) mass is 334 g/mol. The maximum atomic E-state index is 12.1. The van der Waals surface area contributed by atoms with Gasteiger partial charge >= 0.3 is 5.97 Å².